The maximum absolute atomic E-state index is 3.92. The van der Waals surface area contributed by atoms with E-state index in [0.717, 1.165) is 6.42 Å². The Hall–Kier alpha value is -1.04. The summed E-state index contributed by atoms with van der Waals surface area (Å²) < 4.78 is 0. The summed E-state index contributed by atoms with van der Waals surface area (Å²) in [7, 11) is 0. The third-order valence-electron chi connectivity index (χ3n) is 3.20. The van der Waals surface area contributed by atoms with Gasteiger partial charge in [-0.1, -0.05) is 31.7 Å². The van der Waals surface area contributed by atoms with Crippen LogP contribution in [0.4, 0.5) is 0 Å². The minimum absolute atomic E-state index is 1.12. The first-order valence-electron chi connectivity index (χ1n) is 5.95. The van der Waals surface area contributed by atoms with Crippen LogP contribution in [0, 0.1) is 0 Å². The van der Waals surface area contributed by atoms with E-state index in [9.17, 15) is 0 Å². The second-order valence-electron chi connectivity index (χ2n) is 3.93. The molecule has 0 saturated heterocycles. The number of rotatable bonds is 4. The highest BCUT2D eigenvalue weighted by Gasteiger charge is 2.16. The van der Waals surface area contributed by atoms with Crippen molar-refractivity contribution in [2.75, 3.05) is 0 Å². The van der Waals surface area contributed by atoms with Gasteiger partial charge in [-0.25, -0.2) is 0 Å². The fraction of sp³-hybridized carbons (Fsp3) is 0.467. The topological polar surface area (TPSA) is 0 Å². The molecule has 0 fully saturated rings. The predicted molar refractivity (Wildman–Crippen MR) is 68.9 cm³/mol. The molecule has 0 aromatic rings. The highest BCUT2D eigenvalue weighted by molar-refractivity contribution is 5.51. The average molecular weight is 202 g/mol. The maximum atomic E-state index is 3.92. The van der Waals surface area contributed by atoms with E-state index in [4.69, 9.17) is 0 Å². The second kappa shape index (κ2) is 5.75. The van der Waals surface area contributed by atoms with Gasteiger partial charge in [0.15, 0.2) is 0 Å². The van der Waals surface area contributed by atoms with Crippen LogP contribution in [0.3, 0.4) is 0 Å². The summed E-state index contributed by atoms with van der Waals surface area (Å²) >= 11 is 0. The van der Waals surface area contributed by atoms with E-state index in [1.807, 2.05) is 6.08 Å². The van der Waals surface area contributed by atoms with Gasteiger partial charge in [-0.3, -0.25) is 0 Å². The zero-order chi connectivity index (χ0) is 11.3. The van der Waals surface area contributed by atoms with Crippen molar-refractivity contribution >= 4 is 0 Å². The van der Waals surface area contributed by atoms with E-state index in [-0.39, 0.29) is 0 Å². The van der Waals surface area contributed by atoms with E-state index in [1.165, 1.54) is 41.6 Å². The third-order valence-corrected chi connectivity index (χ3v) is 3.20. The molecule has 0 radical (unpaired) electrons. The number of allylic oxidation sites excluding steroid dienone is 7. The van der Waals surface area contributed by atoms with Crippen LogP contribution in [0.15, 0.2) is 47.1 Å². The minimum atomic E-state index is 1.12. The molecule has 0 atom stereocenters. The zero-order valence-corrected chi connectivity index (χ0v) is 10.3. The average Bonchev–Trinajstić information content (AvgIpc) is 2.73. The number of hydrogen-bond donors (Lipinski definition) is 0. The lowest BCUT2D eigenvalue weighted by Gasteiger charge is -2.12. The molecule has 0 aromatic heterocycles. The zero-order valence-electron chi connectivity index (χ0n) is 10.3. The molecule has 0 heteroatoms. The minimum Gasteiger partial charge on any atom is -0.0988 e. The molecular formula is C15H22. The fourth-order valence-electron chi connectivity index (χ4n) is 2.40. The summed E-state index contributed by atoms with van der Waals surface area (Å²) in [5.74, 6) is 0. The van der Waals surface area contributed by atoms with Crippen molar-refractivity contribution in [2.24, 2.45) is 0 Å². The smallest absolute Gasteiger partial charge is 0.0236 e. The normalized spacial score (nSPS) is 18.6. The monoisotopic (exact) mass is 202 g/mol. The molecule has 15 heavy (non-hydrogen) atoms. The number of hydrogen-bond acceptors (Lipinski definition) is 0. The molecule has 1 aliphatic rings. The van der Waals surface area contributed by atoms with Crippen molar-refractivity contribution in [3.8, 4) is 0 Å². The molecule has 0 bridgehead atoms. The molecule has 1 aliphatic carbocycles. The lowest BCUT2D eigenvalue weighted by molar-refractivity contribution is 0.899. The Morgan fingerprint density at radius 3 is 2.47 bits per heavy atom. The van der Waals surface area contributed by atoms with Crippen LogP contribution < -0.4 is 0 Å². The third kappa shape index (κ3) is 2.50. The van der Waals surface area contributed by atoms with Crippen LogP contribution in [-0.2, 0) is 0 Å². The standard InChI is InChI=1S/C15H22/c1-5-12(6-2)14(8-4)15-11-9-10-13(15)7-3/h5,7-8H,3,6,9-11H2,1-2,4H3. The van der Waals surface area contributed by atoms with Gasteiger partial charge >= 0.3 is 0 Å². The molecule has 0 N–H and O–H groups in total. The molecule has 82 valence electrons. The lowest BCUT2D eigenvalue weighted by Crippen LogP contribution is -1.93. The Morgan fingerprint density at radius 1 is 1.27 bits per heavy atom. The molecule has 0 spiro atoms. The van der Waals surface area contributed by atoms with E-state index >= 15 is 0 Å². The molecule has 1 rings (SSSR count). The first-order valence-corrected chi connectivity index (χ1v) is 5.95. The maximum Gasteiger partial charge on any atom is -0.0236 e. The second-order valence-corrected chi connectivity index (χ2v) is 3.93. The van der Waals surface area contributed by atoms with Gasteiger partial charge in [0.1, 0.15) is 0 Å². The van der Waals surface area contributed by atoms with Gasteiger partial charge in [-0.2, -0.15) is 0 Å². The van der Waals surface area contributed by atoms with Gasteiger partial charge < -0.3 is 0 Å². The van der Waals surface area contributed by atoms with Crippen molar-refractivity contribution in [3.63, 3.8) is 0 Å². The summed E-state index contributed by atoms with van der Waals surface area (Å²) in [5, 5.41) is 0. The van der Waals surface area contributed by atoms with Crippen molar-refractivity contribution < 1.29 is 0 Å². The van der Waals surface area contributed by atoms with Crippen molar-refractivity contribution in [3.05, 3.63) is 47.1 Å². The Morgan fingerprint density at radius 2 is 2.00 bits per heavy atom. The predicted octanol–water partition coefficient (Wildman–Crippen LogP) is 4.96. The van der Waals surface area contributed by atoms with Crippen LogP contribution in [0.25, 0.3) is 0 Å². The summed E-state index contributed by atoms with van der Waals surface area (Å²) in [5.41, 5.74) is 5.90. The Bertz CT molecular complexity index is 324. The van der Waals surface area contributed by atoms with Gasteiger partial charge in [0.05, 0.1) is 0 Å². The molecule has 0 amide bonds. The van der Waals surface area contributed by atoms with Crippen LogP contribution in [0.5, 0.6) is 0 Å². The van der Waals surface area contributed by atoms with Gasteiger partial charge in [-0.05, 0) is 61.8 Å². The quantitative estimate of drug-likeness (QED) is 0.565. The molecule has 0 unspecified atom stereocenters. The Balaban J connectivity index is 3.08. The first kappa shape index (κ1) is 12.0. The van der Waals surface area contributed by atoms with Crippen molar-refractivity contribution in [1.29, 1.82) is 0 Å². The molecule has 0 saturated carbocycles. The molecule has 0 nitrogen and oxygen atoms in total. The molecule has 0 aromatic carbocycles. The van der Waals surface area contributed by atoms with Gasteiger partial charge in [0.2, 0.25) is 0 Å². The highest BCUT2D eigenvalue weighted by atomic mass is 14.2. The van der Waals surface area contributed by atoms with E-state index in [1.54, 1.807) is 0 Å². The molecule has 0 heterocycles. The van der Waals surface area contributed by atoms with Crippen LogP contribution in [-0.4, -0.2) is 0 Å². The van der Waals surface area contributed by atoms with Crippen molar-refractivity contribution in [1.82, 2.24) is 0 Å². The summed E-state index contributed by atoms with van der Waals surface area (Å²) in [6.07, 6.45) is 11.4. The van der Waals surface area contributed by atoms with Crippen LogP contribution in [0.1, 0.15) is 46.5 Å². The first-order chi connectivity index (χ1) is 7.28. The summed E-state index contributed by atoms with van der Waals surface area (Å²) in [6.45, 7) is 10.4. The van der Waals surface area contributed by atoms with E-state index in [2.05, 4.69) is 39.5 Å². The highest BCUT2D eigenvalue weighted by Crippen LogP contribution is 2.35. The SMILES string of the molecule is C=CC1=C(C(=CC)C(=CC)CC)CCC1. The fourth-order valence-corrected chi connectivity index (χ4v) is 2.40. The molecule has 0 aliphatic heterocycles. The van der Waals surface area contributed by atoms with E-state index in [0.29, 0.717) is 0 Å². The molecular weight excluding hydrogens is 180 g/mol. The van der Waals surface area contributed by atoms with Crippen LogP contribution in [0.2, 0.25) is 0 Å². The largest absolute Gasteiger partial charge is 0.0988 e. The summed E-state index contributed by atoms with van der Waals surface area (Å²) in [4.78, 5) is 0. The van der Waals surface area contributed by atoms with Gasteiger partial charge in [0.25, 0.3) is 0 Å². The summed E-state index contributed by atoms with van der Waals surface area (Å²) in [6, 6.07) is 0. The Labute approximate surface area is 94.1 Å². The lowest BCUT2D eigenvalue weighted by atomic mass is 9.93. The van der Waals surface area contributed by atoms with Gasteiger partial charge in [0, 0.05) is 0 Å². The Kier molecular flexibility index (Phi) is 4.61. The van der Waals surface area contributed by atoms with E-state index < -0.39 is 0 Å². The van der Waals surface area contributed by atoms with Gasteiger partial charge in [-0.15, -0.1) is 0 Å². The van der Waals surface area contributed by atoms with Crippen molar-refractivity contribution in [2.45, 2.75) is 46.5 Å². The van der Waals surface area contributed by atoms with Crippen LogP contribution >= 0.6 is 0 Å².